The van der Waals surface area contributed by atoms with Gasteiger partial charge in [0.15, 0.2) is 11.9 Å². The highest BCUT2D eigenvalue weighted by atomic mass is 19.1. The van der Waals surface area contributed by atoms with Gasteiger partial charge in [-0.05, 0) is 56.2 Å². The average Bonchev–Trinajstić information content (AvgIpc) is 3.29. The molecule has 0 saturated carbocycles. The number of aromatic nitrogens is 2. The first kappa shape index (κ1) is 19.8. The molecule has 1 atom stereocenters. The Morgan fingerprint density at radius 1 is 1.07 bits per heavy atom. The minimum absolute atomic E-state index is 0.305. The maximum absolute atomic E-state index is 13.3. The molecule has 1 aliphatic rings. The van der Waals surface area contributed by atoms with Crippen molar-refractivity contribution in [1.29, 1.82) is 0 Å². The minimum atomic E-state index is -0.782. The number of anilines is 2. The summed E-state index contributed by atoms with van der Waals surface area (Å²) in [6.07, 6.45) is 1.59. The Kier molecular flexibility index (Phi) is 5.88. The molecular formula is C23H23FN4O2. The number of ether oxygens (including phenoxy) is 1. The molecule has 0 spiro atoms. The van der Waals surface area contributed by atoms with Crippen LogP contribution in [-0.2, 0) is 4.79 Å². The Morgan fingerprint density at radius 3 is 2.60 bits per heavy atom. The summed E-state index contributed by atoms with van der Waals surface area (Å²) < 4.78 is 18.8. The number of nitrogens with one attached hydrogen (secondary N) is 1. The van der Waals surface area contributed by atoms with Gasteiger partial charge in [0, 0.05) is 30.4 Å². The van der Waals surface area contributed by atoms with Gasteiger partial charge in [-0.25, -0.2) is 4.39 Å². The van der Waals surface area contributed by atoms with Crippen LogP contribution in [0.5, 0.6) is 5.75 Å². The highest BCUT2D eigenvalue weighted by molar-refractivity contribution is 5.94. The zero-order valence-corrected chi connectivity index (χ0v) is 16.7. The first-order valence-electron chi connectivity index (χ1n) is 10.0. The Balaban J connectivity index is 1.42. The second kappa shape index (κ2) is 8.90. The second-order valence-electron chi connectivity index (χ2n) is 7.26. The van der Waals surface area contributed by atoms with Gasteiger partial charge in [0.2, 0.25) is 0 Å². The van der Waals surface area contributed by atoms with E-state index in [1.165, 1.54) is 31.0 Å². The summed E-state index contributed by atoms with van der Waals surface area (Å²) in [6.45, 7) is 3.66. The Bertz CT molecular complexity index is 1020. The Labute approximate surface area is 174 Å². The monoisotopic (exact) mass is 406 g/mol. The topological polar surface area (TPSA) is 67.3 Å². The number of hydrogen-bond donors (Lipinski definition) is 1. The molecule has 2 heterocycles. The Morgan fingerprint density at radius 2 is 1.87 bits per heavy atom. The molecule has 154 valence electrons. The van der Waals surface area contributed by atoms with E-state index >= 15 is 0 Å². The molecule has 4 rings (SSSR count). The van der Waals surface area contributed by atoms with E-state index in [-0.39, 0.29) is 5.91 Å². The maximum Gasteiger partial charge on any atom is 0.265 e. The average molecular weight is 406 g/mol. The van der Waals surface area contributed by atoms with Gasteiger partial charge in [-0.3, -0.25) is 4.79 Å². The van der Waals surface area contributed by atoms with Crippen molar-refractivity contribution in [3.8, 4) is 17.0 Å². The SMILES string of the molecule is CC(Oc1cccc(F)c1)C(=O)Nc1cccc(-c2ccc(N3CCCC3)nn2)c1. The highest BCUT2D eigenvalue weighted by Crippen LogP contribution is 2.23. The van der Waals surface area contributed by atoms with E-state index < -0.39 is 11.9 Å². The van der Waals surface area contributed by atoms with Crippen LogP contribution >= 0.6 is 0 Å². The number of benzene rings is 2. The summed E-state index contributed by atoms with van der Waals surface area (Å²) >= 11 is 0. The molecule has 6 nitrogen and oxygen atoms in total. The van der Waals surface area contributed by atoms with Gasteiger partial charge in [-0.1, -0.05) is 18.2 Å². The lowest BCUT2D eigenvalue weighted by Gasteiger charge is -2.16. The lowest BCUT2D eigenvalue weighted by atomic mass is 10.1. The molecular weight excluding hydrogens is 383 g/mol. The van der Waals surface area contributed by atoms with Crippen LogP contribution in [0.1, 0.15) is 19.8 Å². The van der Waals surface area contributed by atoms with Crippen LogP contribution in [0.2, 0.25) is 0 Å². The van der Waals surface area contributed by atoms with Crippen molar-refractivity contribution in [3.05, 3.63) is 66.5 Å². The van der Waals surface area contributed by atoms with Gasteiger partial charge < -0.3 is 15.0 Å². The van der Waals surface area contributed by atoms with Crippen LogP contribution in [0.4, 0.5) is 15.9 Å². The van der Waals surface area contributed by atoms with Crippen molar-refractivity contribution >= 4 is 17.4 Å². The van der Waals surface area contributed by atoms with Crippen LogP contribution in [-0.4, -0.2) is 35.3 Å². The molecule has 1 aromatic heterocycles. The van der Waals surface area contributed by atoms with Gasteiger partial charge in [-0.2, -0.15) is 0 Å². The maximum atomic E-state index is 13.3. The number of halogens is 1. The van der Waals surface area contributed by atoms with E-state index in [1.54, 1.807) is 19.1 Å². The summed E-state index contributed by atoms with van der Waals surface area (Å²) in [5.41, 5.74) is 2.21. The van der Waals surface area contributed by atoms with Gasteiger partial charge in [-0.15, -0.1) is 10.2 Å². The third-order valence-corrected chi connectivity index (χ3v) is 4.98. The highest BCUT2D eigenvalue weighted by Gasteiger charge is 2.16. The molecule has 1 unspecified atom stereocenters. The number of nitrogens with zero attached hydrogens (tertiary/aromatic N) is 3. The fourth-order valence-corrected chi connectivity index (χ4v) is 3.39. The molecule has 1 saturated heterocycles. The fraction of sp³-hybridized carbons (Fsp3) is 0.261. The largest absolute Gasteiger partial charge is 0.481 e. The third-order valence-electron chi connectivity index (χ3n) is 4.98. The molecule has 7 heteroatoms. The predicted octanol–water partition coefficient (Wildman–Crippen LogP) is 4.29. The van der Waals surface area contributed by atoms with Gasteiger partial charge in [0.25, 0.3) is 5.91 Å². The molecule has 1 N–H and O–H groups in total. The van der Waals surface area contributed by atoms with Crippen molar-refractivity contribution < 1.29 is 13.9 Å². The molecule has 0 aliphatic carbocycles. The molecule has 2 aromatic carbocycles. The summed E-state index contributed by atoms with van der Waals surface area (Å²) in [4.78, 5) is 14.7. The summed E-state index contributed by atoms with van der Waals surface area (Å²) in [5.74, 6) is 0.459. The number of carbonyl (C=O) groups is 1. The Hall–Kier alpha value is -3.48. The normalized spacial score (nSPS) is 14.4. The second-order valence-corrected chi connectivity index (χ2v) is 7.26. The van der Waals surface area contributed by atoms with Crippen LogP contribution in [0.3, 0.4) is 0 Å². The first-order valence-corrected chi connectivity index (χ1v) is 10.0. The van der Waals surface area contributed by atoms with Crippen LogP contribution < -0.4 is 15.0 Å². The van der Waals surface area contributed by atoms with E-state index in [9.17, 15) is 9.18 Å². The van der Waals surface area contributed by atoms with Crippen LogP contribution in [0, 0.1) is 5.82 Å². The molecule has 1 aliphatic heterocycles. The molecule has 3 aromatic rings. The molecule has 1 amide bonds. The van der Waals surface area contributed by atoms with E-state index in [2.05, 4.69) is 20.4 Å². The zero-order chi connectivity index (χ0) is 20.9. The number of amides is 1. The van der Waals surface area contributed by atoms with E-state index in [0.717, 1.165) is 30.2 Å². The first-order chi connectivity index (χ1) is 14.6. The van der Waals surface area contributed by atoms with Crippen molar-refractivity contribution in [2.75, 3.05) is 23.3 Å². The smallest absolute Gasteiger partial charge is 0.265 e. The molecule has 1 fully saturated rings. The van der Waals surface area contributed by atoms with Gasteiger partial charge in [0.1, 0.15) is 11.6 Å². The van der Waals surface area contributed by atoms with Crippen LogP contribution in [0.25, 0.3) is 11.3 Å². The molecule has 0 bridgehead atoms. The lowest BCUT2D eigenvalue weighted by Crippen LogP contribution is -2.30. The molecule has 30 heavy (non-hydrogen) atoms. The summed E-state index contributed by atoms with van der Waals surface area (Å²) in [7, 11) is 0. The third kappa shape index (κ3) is 4.74. The van der Waals surface area contributed by atoms with Gasteiger partial charge >= 0.3 is 0 Å². The minimum Gasteiger partial charge on any atom is -0.481 e. The zero-order valence-electron chi connectivity index (χ0n) is 16.7. The fourth-order valence-electron chi connectivity index (χ4n) is 3.39. The van der Waals surface area contributed by atoms with Crippen molar-refractivity contribution in [3.63, 3.8) is 0 Å². The number of carbonyl (C=O) groups excluding carboxylic acids is 1. The standard InChI is InChI=1S/C23H23FN4O2/c1-16(30-20-9-5-7-18(24)15-20)23(29)25-19-8-4-6-17(14-19)21-10-11-22(27-26-21)28-12-2-3-13-28/h4-11,14-16H,2-3,12-13H2,1H3,(H,25,29). The van der Waals surface area contributed by atoms with E-state index in [1.807, 2.05) is 30.3 Å². The van der Waals surface area contributed by atoms with Crippen molar-refractivity contribution in [2.24, 2.45) is 0 Å². The van der Waals surface area contributed by atoms with Crippen LogP contribution in [0.15, 0.2) is 60.7 Å². The quantitative estimate of drug-likeness (QED) is 0.662. The predicted molar refractivity (Wildman–Crippen MR) is 114 cm³/mol. The van der Waals surface area contributed by atoms with Gasteiger partial charge in [0.05, 0.1) is 5.69 Å². The molecule has 0 radical (unpaired) electrons. The summed E-state index contributed by atoms with van der Waals surface area (Å²) in [6, 6.07) is 17.0. The lowest BCUT2D eigenvalue weighted by molar-refractivity contribution is -0.122. The van der Waals surface area contributed by atoms with E-state index in [4.69, 9.17) is 4.74 Å². The number of hydrogen-bond acceptors (Lipinski definition) is 5. The van der Waals surface area contributed by atoms with E-state index in [0.29, 0.717) is 11.4 Å². The van der Waals surface area contributed by atoms with Crippen molar-refractivity contribution in [1.82, 2.24) is 10.2 Å². The summed E-state index contributed by atoms with van der Waals surface area (Å²) in [5, 5.41) is 11.5. The van der Waals surface area contributed by atoms with Crippen molar-refractivity contribution in [2.45, 2.75) is 25.9 Å². The number of rotatable bonds is 6.